The Kier molecular flexibility index (Phi) is 4.86. The molecule has 3 aromatic rings. The molecule has 4 amide bonds. The van der Waals surface area contributed by atoms with Crippen molar-refractivity contribution in [2.45, 2.75) is 16.5 Å². The van der Waals surface area contributed by atoms with Gasteiger partial charge in [-0.15, -0.1) is 0 Å². The predicted octanol–water partition coefficient (Wildman–Crippen LogP) is 3.69. The lowest BCUT2D eigenvalue weighted by molar-refractivity contribution is -0.130. The Bertz CT molecular complexity index is 1050. The first-order chi connectivity index (χ1) is 13.6. The van der Waals surface area contributed by atoms with Crippen molar-refractivity contribution < 1.29 is 23.2 Å². The molecule has 140 valence electrons. The number of benzene rings is 1. The van der Waals surface area contributed by atoms with E-state index in [0.29, 0.717) is 16.6 Å². The molecule has 1 aliphatic heterocycles. The van der Waals surface area contributed by atoms with Crippen molar-refractivity contribution in [1.29, 1.82) is 0 Å². The number of urea groups is 1. The molecule has 1 fully saturated rings. The molecular formula is C20H14N2O5S. The molecule has 2 aromatic heterocycles. The molecule has 0 saturated carbocycles. The van der Waals surface area contributed by atoms with Crippen LogP contribution in [0, 0.1) is 0 Å². The topological polar surface area (TPSA) is 92.8 Å². The molecular weight excluding hydrogens is 380 g/mol. The lowest BCUT2D eigenvalue weighted by Gasteiger charge is -2.25. The molecule has 1 aliphatic rings. The number of carbonyl (C=O) groups excluding carboxylic acids is 3. The zero-order chi connectivity index (χ0) is 19.5. The second-order valence-electron chi connectivity index (χ2n) is 5.86. The lowest BCUT2D eigenvalue weighted by atomic mass is 10.1. The molecule has 0 atom stereocenters. The highest BCUT2D eigenvalue weighted by Gasteiger charge is 2.36. The van der Waals surface area contributed by atoms with E-state index < -0.39 is 17.8 Å². The summed E-state index contributed by atoms with van der Waals surface area (Å²) in [4.78, 5) is 38.7. The van der Waals surface area contributed by atoms with E-state index in [1.165, 1.54) is 24.1 Å². The highest BCUT2D eigenvalue weighted by Crippen LogP contribution is 2.30. The van der Waals surface area contributed by atoms with Crippen molar-refractivity contribution in [3.05, 3.63) is 78.0 Å². The van der Waals surface area contributed by atoms with Gasteiger partial charge in [0.1, 0.15) is 17.1 Å². The quantitative estimate of drug-likeness (QED) is 0.524. The fourth-order valence-corrected chi connectivity index (χ4v) is 3.41. The Morgan fingerprint density at radius 2 is 1.82 bits per heavy atom. The first-order valence-electron chi connectivity index (χ1n) is 8.34. The van der Waals surface area contributed by atoms with Crippen molar-refractivity contribution >= 4 is 35.7 Å². The Morgan fingerprint density at radius 1 is 1.00 bits per heavy atom. The minimum atomic E-state index is -0.789. The minimum absolute atomic E-state index is 0.0739. The number of furan rings is 2. The normalized spacial score (nSPS) is 15.9. The molecule has 1 N–H and O–H groups in total. The SMILES string of the molecule is O=C1NC(=O)N(Cc2ccco2)C(=O)C1=Cc1ccc(Sc2ccccc2)o1. The summed E-state index contributed by atoms with van der Waals surface area (Å²) < 4.78 is 10.9. The van der Waals surface area contributed by atoms with Crippen LogP contribution in [0.25, 0.3) is 6.08 Å². The van der Waals surface area contributed by atoms with Crippen molar-refractivity contribution in [2.75, 3.05) is 0 Å². The van der Waals surface area contributed by atoms with Crippen LogP contribution in [0.2, 0.25) is 0 Å². The average molecular weight is 394 g/mol. The Balaban J connectivity index is 1.55. The smallest absolute Gasteiger partial charge is 0.331 e. The molecule has 0 radical (unpaired) electrons. The molecule has 0 aliphatic carbocycles. The fraction of sp³-hybridized carbons (Fsp3) is 0.0500. The zero-order valence-electron chi connectivity index (χ0n) is 14.5. The summed E-state index contributed by atoms with van der Waals surface area (Å²) >= 11 is 1.42. The first kappa shape index (κ1) is 17.9. The standard InChI is InChI=1S/C20H14N2O5S/c23-18-16(19(24)22(20(25)21-18)12-14-5-4-10-26-14)11-13-8-9-17(27-13)28-15-6-2-1-3-7-15/h1-11H,12H2,(H,21,23,25). The molecule has 0 spiro atoms. The van der Waals surface area contributed by atoms with E-state index in [-0.39, 0.29) is 12.1 Å². The summed E-state index contributed by atoms with van der Waals surface area (Å²) in [5, 5.41) is 2.78. The van der Waals surface area contributed by atoms with Gasteiger partial charge in [-0.2, -0.15) is 0 Å². The number of hydrogen-bond acceptors (Lipinski definition) is 6. The van der Waals surface area contributed by atoms with Gasteiger partial charge in [0.05, 0.1) is 12.8 Å². The van der Waals surface area contributed by atoms with Gasteiger partial charge in [0.25, 0.3) is 11.8 Å². The van der Waals surface area contributed by atoms with Crippen molar-refractivity contribution in [1.82, 2.24) is 10.2 Å². The van der Waals surface area contributed by atoms with Crippen molar-refractivity contribution in [2.24, 2.45) is 0 Å². The van der Waals surface area contributed by atoms with Crippen LogP contribution in [0.1, 0.15) is 11.5 Å². The maximum absolute atomic E-state index is 12.7. The van der Waals surface area contributed by atoms with Crippen LogP contribution in [0.4, 0.5) is 4.79 Å². The van der Waals surface area contributed by atoms with Crippen LogP contribution in [0.3, 0.4) is 0 Å². The van der Waals surface area contributed by atoms with Gasteiger partial charge in [0.15, 0.2) is 5.09 Å². The Morgan fingerprint density at radius 3 is 2.57 bits per heavy atom. The lowest BCUT2D eigenvalue weighted by Crippen LogP contribution is -2.53. The molecule has 1 aromatic carbocycles. The maximum Gasteiger partial charge on any atom is 0.331 e. The third-order valence-corrected chi connectivity index (χ3v) is 4.86. The van der Waals surface area contributed by atoms with Gasteiger partial charge in [-0.1, -0.05) is 30.0 Å². The summed E-state index contributed by atoms with van der Waals surface area (Å²) in [6, 6.07) is 15.6. The van der Waals surface area contributed by atoms with E-state index in [4.69, 9.17) is 8.83 Å². The highest BCUT2D eigenvalue weighted by atomic mass is 32.2. The van der Waals surface area contributed by atoms with Gasteiger partial charge in [0, 0.05) is 4.90 Å². The van der Waals surface area contributed by atoms with Crippen LogP contribution in [-0.2, 0) is 16.1 Å². The largest absolute Gasteiger partial charge is 0.467 e. The third-order valence-electron chi connectivity index (χ3n) is 3.93. The number of imide groups is 2. The average Bonchev–Trinajstić information content (AvgIpc) is 3.35. The molecule has 0 unspecified atom stereocenters. The fourth-order valence-electron chi connectivity index (χ4n) is 2.61. The van der Waals surface area contributed by atoms with Crippen LogP contribution in [-0.4, -0.2) is 22.7 Å². The van der Waals surface area contributed by atoms with Gasteiger partial charge in [-0.05, 0) is 42.5 Å². The molecule has 0 bridgehead atoms. The second-order valence-corrected chi connectivity index (χ2v) is 6.94. The summed E-state index contributed by atoms with van der Waals surface area (Å²) in [6.07, 6.45) is 2.77. The van der Waals surface area contributed by atoms with E-state index in [9.17, 15) is 14.4 Å². The van der Waals surface area contributed by atoms with Crippen LogP contribution in [0.5, 0.6) is 0 Å². The van der Waals surface area contributed by atoms with E-state index in [1.807, 2.05) is 30.3 Å². The number of nitrogens with zero attached hydrogens (tertiary/aromatic N) is 1. The van der Waals surface area contributed by atoms with Gasteiger partial charge in [-0.3, -0.25) is 19.8 Å². The van der Waals surface area contributed by atoms with Gasteiger partial charge < -0.3 is 8.83 Å². The minimum Gasteiger partial charge on any atom is -0.467 e. The first-order valence-corrected chi connectivity index (χ1v) is 9.16. The van der Waals surface area contributed by atoms with Crippen LogP contribution in [0.15, 0.2) is 85.3 Å². The zero-order valence-corrected chi connectivity index (χ0v) is 15.3. The summed E-state index contributed by atoms with van der Waals surface area (Å²) in [6.45, 7) is -0.0739. The van der Waals surface area contributed by atoms with Crippen LogP contribution < -0.4 is 5.32 Å². The van der Waals surface area contributed by atoms with Gasteiger partial charge in [-0.25, -0.2) is 4.79 Å². The monoisotopic (exact) mass is 394 g/mol. The van der Waals surface area contributed by atoms with E-state index in [1.54, 1.807) is 24.3 Å². The van der Waals surface area contributed by atoms with E-state index >= 15 is 0 Å². The van der Waals surface area contributed by atoms with E-state index in [2.05, 4.69) is 5.32 Å². The Hall–Kier alpha value is -3.52. The molecule has 7 nitrogen and oxygen atoms in total. The predicted molar refractivity (Wildman–Crippen MR) is 100 cm³/mol. The van der Waals surface area contributed by atoms with Gasteiger partial charge in [0.2, 0.25) is 0 Å². The molecule has 3 heterocycles. The number of nitrogens with one attached hydrogen (secondary N) is 1. The number of amides is 4. The summed E-state index contributed by atoms with van der Waals surface area (Å²) in [7, 11) is 0. The highest BCUT2D eigenvalue weighted by molar-refractivity contribution is 7.99. The van der Waals surface area contributed by atoms with Gasteiger partial charge >= 0.3 is 6.03 Å². The number of hydrogen-bond donors (Lipinski definition) is 1. The van der Waals surface area contributed by atoms with Crippen LogP contribution >= 0.6 is 11.8 Å². The maximum atomic E-state index is 12.7. The second kappa shape index (κ2) is 7.61. The van der Waals surface area contributed by atoms with Crippen molar-refractivity contribution in [3.8, 4) is 0 Å². The number of barbiturate groups is 1. The number of rotatable bonds is 5. The third kappa shape index (κ3) is 3.77. The summed E-state index contributed by atoms with van der Waals surface area (Å²) in [5.41, 5.74) is -0.184. The molecule has 1 saturated heterocycles. The number of carbonyl (C=O) groups is 3. The summed E-state index contributed by atoms with van der Waals surface area (Å²) in [5.74, 6) is -0.709. The molecule has 4 rings (SSSR count). The molecule has 28 heavy (non-hydrogen) atoms. The van der Waals surface area contributed by atoms with Crippen molar-refractivity contribution in [3.63, 3.8) is 0 Å². The molecule has 8 heteroatoms. The Labute approximate surface area is 164 Å². The van der Waals surface area contributed by atoms with E-state index in [0.717, 1.165) is 9.80 Å².